The van der Waals surface area contributed by atoms with Crippen molar-refractivity contribution in [3.05, 3.63) is 36.0 Å². The minimum absolute atomic E-state index is 0.814. The summed E-state index contributed by atoms with van der Waals surface area (Å²) in [4.78, 5) is 0. The van der Waals surface area contributed by atoms with Crippen molar-refractivity contribution >= 4 is 0 Å². The van der Waals surface area contributed by atoms with E-state index in [-0.39, 0.29) is 0 Å². The van der Waals surface area contributed by atoms with E-state index in [0.717, 1.165) is 17.8 Å². The molecule has 0 N–H and O–H groups in total. The Kier molecular flexibility index (Phi) is 8.79. The van der Waals surface area contributed by atoms with Gasteiger partial charge in [0.25, 0.3) is 0 Å². The van der Waals surface area contributed by atoms with Gasteiger partial charge in [0.15, 0.2) is 0 Å². The van der Waals surface area contributed by atoms with Crippen LogP contribution < -0.4 is 0 Å². The quantitative estimate of drug-likeness (QED) is 0.548. The molecule has 18 heavy (non-hydrogen) atoms. The molecular formula is C18H32. The predicted molar refractivity (Wildman–Crippen MR) is 84.7 cm³/mol. The van der Waals surface area contributed by atoms with Crippen LogP contribution in [-0.4, -0.2) is 0 Å². The molecule has 104 valence electrons. The van der Waals surface area contributed by atoms with Crippen LogP contribution in [0.5, 0.6) is 0 Å². The minimum Gasteiger partial charge on any atom is -0.0988 e. The molecule has 0 bridgehead atoms. The Labute approximate surface area is 115 Å². The molecule has 2 rings (SSSR count). The van der Waals surface area contributed by atoms with E-state index < -0.39 is 0 Å². The monoisotopic (exact) mass is 248 g/mol. The lowest BCUT2D eigenvalue weighted by Crippen LogP contribution is -1.83. The Morgan fingerprint density at radius 2 is 1.44 bits per heavy atom. The van der Waals surface area contributed by atoms with Crippen molar-refractivity contribution in [2.45, 2.75) is 60.8 Å². The van der Waals surface area contributed by atoms with E-state index in [0.29, 0.717) is 0 Å². The molecule has 0 nitrogen and oxygen atoms in total. The zero-order chi connectivity index (χ0) is 14.1. The van der Waals surface area contributed by atoms with Crippen LogP contribution in [0.2, 0.25) is 0 Å². The van der Waals surface area contributed by atoms with Gasteiger partial charge in [0, 0.05) is 0 Å². The molecule has 3 unspecified atom stereocenters. The molecule has 3 atom stereocenters. The molecule has 0 aromatic carbocycles. The first-order valence-electron chi connectivity index (χ1n) is 7.55. The van der Waals surface area contributed by atoms with E-state index >= 15 is 0 Å². The summed E-state index contributed by atoms with van der Waals surface area (Å²) in [6.07, 6.45) is 10.2. The molecule has 0 amide bonds. The predicted octanol–water partition coefficient (Wildman–Crippen LogP) is 6.16. The normalized spacial score (nSPS) is 29.3. The molecule has 0 radical (unpaired) electrons. The summed E-state index contributed by atoms with van der Waals surface area (Å²) in [5.74, 6) is 2.92. The minimum atomic E-state index is 0.814. The molecule has 0 saturated heterocycles. The Morgan fingerprint density at radius 3 is 1.78 bits per heavy atom. The summed E-state index contributed by atoms with van der Waals surface area (Å²) in [7, 11) is 0. The van der Waals surface area contributed by atoms with Crippen LogP contribution in [0.3, 0.4) is 0 Å². The Bertz CT molecular complexity index is 287. The lowest BCUT2D eigenvalue weighted by molar-refractivity contribution is 0.626. The first-order chi connectivity index (χ1) is 8.58. The maximum Gasteiger partial charge on any atom is -0.0247 e. The molecule has 0 heteroatoms. The first kappa shape index (κ1) is 17.2. The van der Waals surface area contributed by atoms with Gasteiger partial charge in [-0.3, -0.25) is 0 Å². The van der Waals surface area contributed by atoms with Crippen LogP contribution >= 0.6 is 0 Å². The van der Waals surface area contributed by atoms with Gasteiger partial charge < -0.3 is 0 Å². The van der Waals surface area contributed by atoms with E-state index in [9.17, 15) is 0 Å². The highest BCUT2D eigenvalue weighted by atomic mass is 14.3. The van der Waals surface area contributed by atoms with Gasteiger partial charge in [-0.1, -0.05) is 59.4 Å². The lowest BCUT2D eigenvalue weighted by Gasteiger charge is -1.96. The number of hydrogen-bond acceptors (Lipinski definition) is 0. The average Bonchev–Trinajstić information content (AvgIpc) is 2.88. The standard InChI is InChI=1S/C11H16.C5H10.C2H6/c1-4-6-11-8-9(3)7-10(11)5-2;1-4-3-5(4)2;1-2/h4-6,9H,2,7-8H2,1,3H3;4-5H,3H2,1-2H3;1-2H3/b6-4-;;. The van der Waals surface area contributed by atoms with Crippen molar-refractivity contribution in [3.8, 4) is 0 Å². The van der Waals surface area contributed by atoms with Crippen LogP contribution in [0, 0.1) is 17.8 Å². The molecule has 1 fully saturated rings. The molecule has 2 aliphatic carbocycles. The van der Waals surface area contributed by atoms with E-state index in [2.05, 4.69) is 46.4 Å². The zero-order valence-corrected chi connectivity index (χ0v) is 13.3. The van der Waals surface area contributed by atoms with Crippen molar-refractivity contribution in [3.63, 3.8) is 0 Å². The van der Waals surface area contributed by atoms with Crippen LogP contribution in [0.4, 0.5) is 0 Å². The fourth-order valence-corrected chi connectivity index (χ4v) is 2.18. The van der Waals surface area contributed by atoms with Crippen LogP contribution in [0.25, 0.3) is 0 Å². The molecule has 0 spiro atoms. The topological polar surface area (TPSA) is 0 Å². The molecule has 0 heterocycles. The first-order valence-corrected chi connectivity index (χ1v) is 7.55. The smallest absolute Gasteiger partial charge is 0.0247 e. The molecule has 2 aliphatic rings. The SMILES string of the molecule is C=CC1=C(/C=C\C)CC(C)C1.CC.CC1CC1C. The van der Waals surface area contributed by atoms with Crippen LogP contribution in [0.1, 0.15) is 60.8 Å². The third kappa shape index (κ3) is 6.23. The number of allylic oxidation sites excluding steroid dienone is 5. The summed E-state index contributed by atoms with van der Waals surface area (Å²) in [5.41, 5.74) is 2.92. The molecule has 0 aromatic heterocycles. The zero-order valence-electron chi connectivity index (χ0n) is 13.3. The highest BCUT2D eigenvalue weighted by Crippen LogP contribution is 2.36. The maximum absolute atomic E-state index is 3.82. The van der Waals surface area contributed by atoms with Crippen molar-refractivity contribution < 1.29 is 0 Å². The highest BCUT2D eigenvalue weighted by Gasteiger charge is 2.26. The second kappa shape index (κ2) is 9.19. The maximum atomic E-state index is 3.82. The Hall–Kier alpha value is -0.780. The van der Waals surface area contributed by atoms with E-state index in [1.54, 1.807) is 0 Å². The summed E-state index contributed by atoms with van der Waals surface area (Å²) < 4.78 is 0. The fourth-order valence-electron chi connectivity index (χ4n) is 2.18. The molecule has 1 saturated carbocycles. The Morgan fingerprint density at radius 1 is 1.00 bits per heavy atom. The largest absolute Gasteiger partial charge is 0.0988 e. The summed E-state index contributed by atoms with van der Waals surface area (Å²) in [6, 6.07) is 0. The van der Waals surface area contributed by atoms with Crippen LogP contribution in [0.15, 0.2) is 36.0 Å². The van der Waals surface area contributed by atoms with Gasteiger partial charge in [0.2, 0.25) is 0 Å². The second-order valence-electron chi connectivity index (χ2n) is 5.46. The van der Waals surface area contributed by atoms with Gasteiger partial charge in [-0.05, 0) is 55.1 Å². The van der Waals surface area contributed by atoms with Crippen molar-refractivity contribution in [1.82, 2.24) is 0 Å². The number of hydrogen-bond donors (Lipinski definition) is 0. The third-order valence-electron chi connectivity index (χ3n) is 3.68. The van der Waals surface area contributed by atoms with Gasteiger partial charge in [-0.25, -0.2) is 0 Å². The summed E-state index contributed by atoms with van der Waals surface area (Å²) >= 11 is 0. The summed E-state index contributed by atoms with van der Waals surface area (Å²) in [5, 5.41) is 0. The Balaban J connectivity index is 0.000000343. The van der Waals surface area contributed by atoms with Crippen molar-refractivity contribution in [2.75, 3.05) is 0 Å². The molecular weight excluding hydrogens is 216 g/mol. The molecule has 0 aromatic rings. The van der Waals surface area contributed by atoms with Gasteiger partial charge >= 0.3 is 0 Å². The average molecular weight is 248 g/mol. The van der Waals surface area contributed by atoms with Crippen molar-refractivity contribution in [2.24, 2.45) is 17.8 Å². The highest BCUT2D eigenvalue weighted by molar-refractivity contribution is 5.36. The third-order valence-corrected chi connectivity index (χ3v) is 3.68. The summed E-state index contributed by atoms with van der Waals surface area (Å²) in [6.45, 7) is 16.8. The lowest BCUT2D eigenvalue weighted by atomic mass is 10.1. The van der Waals surface area contributed by atoms with Gasteiger partial charge in [0.1, 0.15) is 0 Å². The van der Waals surface area contributed by atoms with Crippen molar-refractivity contribution in [1.29, 1.82) is 0 Å². The van der Waals surface area contributed by atoms with E-state index in [1.807, 2.05) is 19.9 Å². The second-order valence-corrected chi connectivity index (χ2v) is 5.46. The van der Waals surface area contributed by atoms with Crippen LogP contribution in [-0.2, 0) is 0 Å². The molecule has 0 aliphatic heterocycles. The fraction of sp³-hybridized carbons (Fsp3) is 0.667. The van der Waals surface area contributed by atoms with E-state index in [4.69, 9.17) is 0 Å². The van der Waals surface area contributed by atoms with Gasteiger partial charge in [-0.2, -0.15) is 0 Å². The van der Waals surface area contributed by atoms with Gasteiger partial charge in [-0.15, -0.1) is 0 Å². The van der Waals surface area contributed by atoms with E-state index in [1.165, 1.54) is 30.4 Å². The van der Waals surface area contributed by atoms with Gasteiger partial charge in [0.05, 0.1) is 0 Å². The number of rotatable bonds is 2.